The number of nitrogens with zero attached hydrogens (tertiary/aromatic N) is 3. The Morgan fingerprint density at radius 3 is 2.70 bits per heavy atom. The van der Waals surface area contributed by atoms with Crippen molar-refractivity contribution >= 4 is 17.7 Å². The normalized spacial score (nSPS) is 22.4. The van der Waals surface area contributed by atoms with Crippen LogP contribution < -0.4 is 10.2 Å². The summed E-state index contributed by atoms with van der Waals surface area (Å²) in [6.45, 7) is 2.89. The fourth-order valence-electron chi connectivity index (χ4n) is 2.35. The van der Waals surface area contributed by atoms with Gasteiger partial charge < -0.3 is 15.3 Å². The largest absolute Gasteiger partial charge is 0.481 e. The molecule has 2 heterocycles. The van der Waals surface area contributed by atoms with Gasteiger partial charge in [0.15, 0.2) is 11.5 Å². The van der Waals surface area contributed by atoms with Crippen LogP contribution in [-0.4, -0.2) is 47.3 Å². The second kappa shape index (κ2) is 5.44. The highest BCUT2D eigenvalue weighted by Crippen LogP contribution is 2.31. The molecular formula is C13H18N4O3. The lowest BCUT2D eigenvalue weighted by Gasteiger charge is -2.37. The Balaban J connectivity index is 2.15. The van der Waals surface area contributed by atoms with Crippen LogP contribution in [0.15, 0.2) is 12.1 Å². The van der Waals surface area contributed by atoms with Crippen LogP contribution in [0.4, 0.5) is 5.82 Å². The summed E-state index contributed by atoms with van der Waals surface area (Å²) < 4.78 is 0. The van der Waals surface area contributed by atoms with Crippen LogP contribution in [0.2, 0.25) is 0 Å². The number of carbonyl (C=O) groups excluding carboxylic acids is 1. The van der Waals surface area contributed by atoms with E-state index < -0.39 is 11.4 Å². The minimum absolute atomic E-state index is 0.245. The van der Waals surface area contributed by atoms with Crippen molar-refractivity contribution in [3.05, 3.63) is 17.8 Å². The van der Waals surface area contributed by atoms with E-state index in [1.165, 1.54) is 7.05 Å². The Labute approximate surface area is 117 Å². The molecule has 20 heavy (non-hydrogen) atoms. The van der Waals surface area contributed by atoms with Gasteiger partial charge >= 0.3 is 5.97 Å². The maximum atomic E-state index is 11.4. The van der Waals surface area contributed by atoms with Gasteiger partial charge in [-0.05, 0) is 31.9 Å². The molecule has 7 nitrogen and oxygen atoms in total. The molecule has 1 saturated heterocycles. The number of piperidine rings is 1. The third-order valence-electron chi connectivity index (χ3n) is 3.65. The van der Waals surface area contributed by atoms with Crippen LogP contribution in [0.3, 0.4) is 0 Å². The molecule has 0 aliphatic carbocycles. The monoisotopic (exact) mass is 278 g/mol. The molecule has 2 N–H and O–H groups in total. The summed E-state index contributed by atoms with van der Waals surface area (Å²) in [7, 11) is 1.53. The summed E-state index contributed by atoms with van der Waals surface area (Å²) in [6, 6.07) is 3.29. The number of anilines is 1. The minimum atomic E-state index is -0.794. The van der Waals surface area contributed by atoms with Gasteiger partial charge in [0, 0.05) is 20.1 Å². The maximum Gasteiger partial charge on any atom is 0.311 e. The molecule has 1 aromatic rings. The van der Waals surface area contributed by atoms with E-state index in [1.807, 2.05) is 4.90 Å². The molecule has 7 heteroatoms. The predicted molar refractivity (Wildman–Crippen MR) is 72.6 cm³/mol. The van der Waals surface area contributed by atoms with E-state index in [9.17, 15) is 14.7 Å². The van der Waals surface area contributed by atoms with Gasteiger partial charge in [0.05, 0.1) is 5.41 Å². The maximum absolute atomic E-state index is 11.4. The summed E-state index contributed by atoms with van der Waals surface area (Å²) in [5.74, 6) is -0.486. The number of carboxylic acid groups (broad SMARTS) is 1. The zero-order valence-electron chi connectivity index (χ0n) is 11.6. The molecule has 0 saturated carbocycles. The van der Waals surface area contributed by atoms with Crippen molar-refractivity contribution in [2.75, 3.05) is 25.0 Å². The topological polar surface area (TPSA) is 95.4 Å². The first-order valence-electron chi connectivity index (χ1n) is 6.50. The van der Waals surface area contributed by atoms with Gasteiger partial charge in [0.2, 0.25) is 0 Å². The number of amides is 1. The molecule has 1 atom stereocenters. The van der Waals surface area contributed by atoms with Gasteiger partial charge in [-0.15, -0.1) is 10.2 Å². The zero-order chi connectivity index (χ0) is 14.8. The number of carboxylic acids is 1. The van der Waals surface area contributed by atoms with Crippen molar-refractivity contribution in [1.29, 1.82) is 0 Å². The quantitative estimate of drug-likeness (QED) is 0.837. The molecule has 1 aromatic heterocycles. The molecule has 1 amide bonds. The highest BCUT2D eigenvalue weighted by atomic mass is 16.4. The van der Waals surface area contributed by atoms with Crippen molar-refractivity contribution < 1.29 is 14.7 Å². The van der Waals surface area contributed by atoms with Gasteiger partial charge in [-0.2, -0.15) is 0 Å². The van der Waals surface area contributed by atoms with Crippen molar-refractivity contribution in [1.82, 2.24) is 15.5 Å². The van der Waals surface area contributed by atoms with Gasteiger partial charge in [-0.1, -0.05) is 0 Å². The molecule has 1 aliphatic heterocycles. The Kier molecular flexibility index (Phi) is 3.87. The first kappa shape index (κ1) is 14.2. The van der Waals surface area contributed by atoms with E-state index >= 15 is 0 Å². The molecule has 0 spiro atoms. The average molecular weight is 278 g/mol. The molecule has 1 fully saturated rings. The Morgan fingerprint density at radius 1 is 1.40 bits per heavy atom. The van der Waals surface area contributed by atoms with Crippen LogP contribution in [0.5, 0.6) is 0 Å². The van der Waals surface area contributed by atoms with Gasteiger partial charge in [0.1, 0.15) is 0 Å². The molecule has 0 aromatic carbocycles. The fourth-order valence-corrected chi connectivity index (χ4v) is 2.35. The van der Waals surface area contributed by atoms with E-state index in [0.717, 1.165) is 13.0 Å². The molecule has 0 bridgehead atoms. The third kappa shape index (κ3) is 2.71. The number of hydrogen-bond donors (Lipinski definition) is 2. The summed E-state index contributed by atoms with van der Waals surface area (Å²) in [4.78, 5) is 24.6. The van der Waals surface area contributed by atoms with Gasteiger partial charge in [0.25, 0.3) is 5.91 Å². The summed E-state index contributed by atoms with van der Waals surface area (Å²) >= 11 is 0. The first-order valence-corrected chi connectivity index (χ1v) is 6.50. The van der Waals surface area contributed by atoms with Crippen LogP contribution in [-0.2, 0) is 4.79 Å². The standard InChI is InChI=1S/C13H18N4O3/c1-13(12(19)20)6-3-7-17(8-13)10-5-4-9(15-16-10)11(18)14-2/h4-5H,3,6-8H2,1-2H3,(H,14,18)(H,19,20). The summed E-state index contributed by atoms with van der Waals surface area (Å²) in [5.41, 5.74) is -0.520. The van der Waals surface area contributed by atoms with E-state index in [0.29, 0.717) is 18.8 Å². The lowest BCUT2D eigenvalue weighted by atomic mass is 9.82. The Hall–Kier alpha value is -2.18. The van der Waals surface area contributed by atoms with Gasteiger partial charge in [-0.3, -0.25) is 9.59 Å². The lowest BCUT2D eigenvalue weighted by Crippen LogP contribution is -2.46. The number of hydrogen-bond acceptors (Lipinski definition) is 5. The second-order valence-corrected chi connectivity index (χ2v) is 5.25. The summed E-state index contributed by atoms with van der Waals surface area (Å²) in [6.07, 6.45) is 1.45. The molecule has 2 rings (SSSR count). The minimum Gasteiger partial charge on any atom is -0.481 e. The van der Waals surface area contributed by atoms with E-state index in [-0.39, 0.29) is 11.6 Å². The number of rotatable bonds is 3. The van der Waals surface area contributed by atoms with Crippen molar-refractivity contribution in [3.8, 4) is 0 Å². The average Bonchev–Trinajstić information content (AvgIpc) is 2.46. The molecule has 1 aliphatic rings. The SMILES string of the molecule is CNC(=O)c1ccc(N2CCCC(C)(C(=O)O)C2)nn1. The second-order valence-electron chi connectivity index (χ2n) is 5.25. The lowest BCUT2D eigenvalue weighted by molar-refractivity contribution is -0.148. The fraction of sp³-hybridized carbons (Fsp3) is 0.538. The third-order valence-corrected chi connectivity index (χ3v) is 3.65. The molecular weight excluding hydrogens is 260 g/mol. The van der Waals surface area contributed by atoms with Gasteiger partial charge in [-0.25, -0.2) is 0 Å². The predicted octanol–water partition coefficient (Wildman–Crippen LogP) is 0.527. The number of nitrogens with one attached hydrogen (secondary N) is 1. The Morgan fingerprint density at radius 2 is 2.15 bits per heavy atom. The highest BCUT2D eigenvalue weighted by molar-refractivity contribution is 5.91. The van der Waals surface area contributed by atoms with E-state index in [1.54, 1.807) is 19.1 Å². The van der Waals surface area contributed by atoms with E-state index in [2.05, 4.69) is 15.5 Å². The highest BCUT2D eigenvalue weighted by Gasteiger charge is 2.38. The number of carbonyl (C=O) groups is 2. The molecule has 0 radical (unpaired) electrons. The zero-order valence-corrected chi connectivity index (χ0v) is 11.6. The number of aromatic nitrogens is 2. The first-order chi connectivity index (χ1) is 9.46. The molecule has 108 valence electrons. The smallest absolute Gasteiger partial charge is 0.311 e. The Bertz CT molecular complexity index is 517. The number of aliphatic carboxylic acids is 1. The van der Waals surface area contributed by atoms with Crippen LogP contribution in [0, 0.1) is 5.41 Å². The molecule has 1 unspecified atom stereocenters. The van der Waals surface area contributed by atoms with Crippen molar-refractivity contribution in [3.63, 3.8) is 0 Å². The van der Waals surface area contributed by atoms with Crippen LogP contribution >= 0.6 is 0 Å². The van der Waals surface area contributed by atoms with Crippen molar-refractivity contribution in [2.24, 2.45) is 5.41 Å². The van der Waals surface area contributed by atoms with Crippen LogP contribution in [0.1, 0.15) is 30.3 Å². The van der Waals surface area contributed by atoms with E-state index in [4.69, 9.17) is 0 Å². The van der Waals surface area contributed by atoms with Crippen LogP contribution in [0.25, 0.3) is 0 Å². The summed E-state index contributed by atoms with van der Waals surface area (Å²) in [5, 5.41) is 19.7. The van der Waals surface area contributed by atoms with Crippen molar-refractivity contribution in [2.45, 2.75) is 19.8 Å².